The van der Waals surface area contributed by atoms with Crippen LogP contribution in [0.4, 0.5) is 0 Å². The fraction of sp³-hybridized carbons (Fsp3) is 0.667. The normalized spacial score (nSPS) is 14.2. The van der Waals surface area contributed by atoms with Gasteiger partial charge in [-0.25, -0.2) is 0 Å². The molecule has 0 aliphatic carbocycles. The van der Waals surface area contributed by atoms with Crippen LogP contribution in [0.3, 0.4) is 0 Å². The van der Waals surface area contributed by atoms with Gasteiger partial charge in [-0.15, -0.1) is 0 Å². The van der Waals surface area contributed by atoms with Gasteiger partial charge in [0, 0.05) is 0 Å². The van der Waals surface area contributed by atoms with Crippen LogP contribution in [0.15, 0.2) is 84.5 Å². The fourth-order valence-electron chi connectivity index (χ4n) is 8.09. The molecule has 0 bridgehead atoms. The lowest BCUT2D eigenvalue weighted by Crippen LogP contribution is -2.69. The van der Waals surface area contributed by atoms with E-state index in [1.165, 1.54) is 108 Å². The Morgan fingerprint density at radius 2 is 1.16 bits per heavy atom. The molecule has 0 aliphatic rings. The van der Waals surface area contributed by atoms with Crippen LogP contribution < -0.4 is 15.7 Å². The molecule has 5 nitrogen and oxygen atoms in total. The molecule has 322 valence electrons. The molecule has 0 spiro atoms. The van der Waals surface area contributed by atoms with E-state index in [0.717, 1.165) is 48.9 Å². The highest BCUT2D eigenvalue weighted by Gasteiger charge is 2.52. The average molecular weight is 804 g/mol. The van der Waals surface area contributed by atoms with E-state index in [1.54, 1.807) is 6.08 Å². The van der Waals surface area contributed by atoms with Crippen molar-refractivity contribution in [2.45, 2.75) is 213 Å². The number of rotatable bonds is 33. The van der Waals surface area contributed by atoms with Gasteiger partial charge in [-0.3, -0.25) is 4.79 Å². The SMILES string of the molecule is CCCCCCCCCCCCCC[C@@H](O[Si](c1ccccc1)(c1ccccc1)C(C)(C)C)C(=O)N[C@H](CO)[C@@H](O)/C=C/CC/C=C(\C)CCCCCCCCC. The first-order chi connectivity index (χ1) is 27.6. The van der Waals surface area contributed by atoms with Gasteiger partial charge in [-0.05, 0) is 54.4 Å². The molecule has 3 atom stereocenters. The van der Waals surface area contributed by atoms with E-state index in [0.29, 0.717) is 6.42 Å². The van der Waals surface area contributed by atoms with E-state index >= 15 is 0 Å². The third-order valence-corrected chi connectivity index (χ3v) is 16.7. The number of carbonyl (C=O) groups excluding carboxylic acids is 1. The van der Waals surface area contributed by atoms with E-state index in [1.807, 2.05) is 18.2 Å². The van der Waals surface area contributed by atoms with Crippen LogP contribution in [0.25, 0.3) is 0 Å². The molecule has 1 amide bonds. The second-order valence-electron chi connectivity index (χ2n) is 17.7. The first-order valence-corrected chi connectivity index (χ1v) is 25.2. The van der Waals surface area contributed by atoms with Crippen LogP contribution in [0.2, 0.25) is 5.04 Å². The quantitative estimate of drug-likeness (QED) is 0.0381. The van der Waals surface area contributed by atoms with Gasteiger partial charge in [0.25, 0.3) is 8.32 Å². The lowest BCUT2D eigenvalue weighted by Gasteiger charge is -2.45. The van der Waals surface area contributed by atoms with Crippen molar-refractivity contribution in [3.8, 4) is 0 Å². The summed E-state index contributed by atoms with van der Waals surface area (Å²) in [5.41, 5.74) is 1.43. The number of aliphatic hydroxyl groups is 2. The Morgan fingerprint density at radius 3 is 1.61 bits per heavy atom. The Balaban J connectivity index is 2.12. The number of nitrogens with one attached hydrogen (secondary N) is 1. The Morgan fingerprint density at radius 1 is 0.702 bits per heavy atom. The maximum absolute atomic E-state index is 14.4. The van der Waals surface area contributed by atoms with Gasteiger partial charge in [-0.2, -0.15) is 0 Å². The summed E-state index contributed by atoms with van der Waals surface area (Å²) in [6, 6.07) is 20.1. The van der Waals surface area contributed by atoms with Gasteiger partial charge in [0.1, 0.15) is 6.10 Å². The van der Waals surface area contributed by atoms with Crippen molar-refractivity contribution in [2.24, 2.45) is 0 Å². The second-order valence-corrected chi connectivity index (χ2v) is 21.9. The number of aliphatic hydroxyl groups excluding tert-OH is 2. The van der Waals surface area contributed by atoms with Gasteiger partial charge in [-0.1, -0.05) is 235 Å². The standard InChI is InChI=1S/C51H85NO4Si/c1-7-9-11-13-15-16-17-18-19-21-23-34-42-49(56-57(51(4,5)6,45-37-29-25-30-38-45)46-39-31-26-32-40-46)50(55)52-47(43-53)48(54)41-33-24-28-36-44(3)35-27-22-20-14-12-10-8-2/h25-26,29-33,36-41,47-49,53-54H,7-24,27-28,34-35,42-43H2,1-6H3,(H,52,55)/b41-33+,44-36+/t47-,48+,49-/m1/s1. The minimum Gasteiger partial charge on any atom is -0.395 e. The summed E-state index contributed by atoms with van der Waals surface area (Å²) in [5.74, 6) is -0.263. The fourth-order valence-corrected chi connectivity index (χ4v) is 12.8. The summed E-state index contributed by atoms with van der Waals surface area (Å²) in [7, 11) is -3.03. The number of unbranched alkanes of at least 4 members (excludes halogenated alkanes) is 18. The van der Waals surface area contributed by atoms with Crippen LogP contribution in [-0.4, -0.2) is 49.3 Å². The zero-order chi connectivity index (χ0) is 41.6. The molecule has 0 aromatic heterocycles. The van der Waals surface area contributed by atoms with Gasteiger partial charge in [0.05, 0.1) is 18.8 Å². The van der Waals surface area contributed by atoms with Crippen LogP contribution in [0.1, 0.15) is 189 Å². The summed E-state index contributed by atoms with van der Waals surface area (Å²) in [5, 5.41) is 26.6. The zero-order valence-corrected chi connectivity index (χ0v) is 38.4. The number of amides is 1. The predicted molar refractivity (Wildman–Crippen MR) is 248 cm³/mol. The molecule has 0 saturated heterocycles. The molecule has 57 heavy (non-hydrogen) atoms. The minimum atomic E-state index is -3.03. The highest BCUT2D eigenvalue weighted by Crippen LogP contribution is 2.38. The topological polar surface area (TPSA) is 78.8 Å². The number of hydrogen-bond acceptors (Lipinski definition) is 4. The molecule has 0 fully saturated rings. The molecular weight excluding hydrogens is 719 g/mol. The molecule has 0 heterocycles. The van der Waals surface area contributed by atoms with Gasteiger partial charge >= 0.3 is 0 Å². The summed E-state index contributed by atoms with van der Waals surface area (Å²) in [4.78, 5) is 14.4. The maximum atomic E-state index is 14.4. The Kier molecular flexibility index (Phi) is 27.1. The van der Waals surface area contributed by atoms with Crippen LogP contribution in [0.5, 0.6) is 0 Å². The summed E-state index contributed by atoms with van der Waals surface area (Å²) in [6.45, 7) is 13.1. The average Bonchev–Trinajstić information content (AvgIpc) is 3.21. The van der Waals surface area contributed by atoms with Gasteiger partial charge in [0.2, 0.25) is 5.91 Å². The van der Waals surface area contributed by atoms with E-state index < -0.39 is 26.6 Å². The van der Waals surface area contributed by atoms with Crippen molar-refractivity contribution in [3.63, 3.8) is 0 Å². The number of hydrogen-bond donors (Lipinski definition) is 3. The summed E-state index contributed by atoms with van der Waals surface area (Å²) >= 11 is 0. The van der Waals surface area contributed by atoms with Gasteiger partial charge < -0.3 is 20.0 Å². The Hall–Kier alpha value is -2.51. The molecular formula is C51H85NO4Si. The molecule has 0 radical (unpaired) electrons. The smallest absolute Gasteiger partial charge is 0.262 e. The number of benzene rings is 2. The Bertz CT molecular complexity index is 1300. The largest absolute Gasteiger partial charge is 0.395 e. The lowest BCUT2D eigenvalue weighted by molar-refractivity contribution is -0.130. The first kappa shape index (κ1) is 50.6. The van der Waals surface area contributed by atoms with Crippen molar-refractivity contribution >= 4 is 24.6 Å². The van der Waals surface area contributed by atoms with Gasteiger partial charge in [0.15, 0.2) is 0 Å². The molecule has 3 N–H and O–H groups in total. The molecule has 0 saturated carbocycles. The van der Waals surface area contributed by atoms with Crippen molar-refractivity contribution in [3.05, 3.63) is 84.5 Å². The highest BCUT2D eigenvalue weighted by atomic mass is 28.4. The summed E-state index contributed by atoms with van der Waals surface area (Å²) < 4.78 is 7.39. The van der Waals surface area contributed by atoms with Crippen LogP contribution >= 0.6 is 0 Å². The van der Waals surface area contributed by atoms with E-state index in [2.05, 4.69) is 101 Å². The second kappa shape index (κ2) is 30.5. The first-order valence-electron chi connectivity index (χ1n) is 23.3. The molecule has 2 aromatic rings. The predicted octanol–water partition coefficient (Wildman–Crippen LogP) is 12.3. The molecule has 2 rings (SSSR count). The third-order valence-electron chi connectivity index (χ3n) is 11.6. The van der Waals surface area contributed by atoms with Crippen molar-refractivity contribution in [2.75, 3.05) is 6.61 Å². The van der Waals surface area contributed by atoms with E-state index in [9.17, 15) is 15.0 Å². The molecule has 0 unspecified atom stereocenters. The minimum absolute atomic E-state index is 0.263. The zero-order valence-electron chi connectivity index (χ0n) is 37.4. The maximum Gasteiger partial charge on any atom is 0.262 e. The Labute approximate surface area is 351 Å². The van der Waals surface area contributed by atoms with Crippen LogP contribution in [-0.2, 0) is 9.22 Å². The van der Waals surface area contributed by atoms with E-state index in [-0.39, 0.29) is 17.6 Å². The molecule has 6 heteroatoms. The summed E-state index contributed by atoms with van der Waals surface area (Å²) in [6.07, 6.45) is 31.9. The lowest BCUT2D eigenvalue weighted by atomic mass is 10.0. The van der Waals surface area contributed by atoms with Crippen molar-refractivity contribution < 1.29 is 19.4 Å². The van der Waals surface area contributed by atoms with E-state index in [4.69, 9.17) is 4.43 Å². The number of carbonyl (C=O) groups is 1. The number of allylic oxidation sites excluding steroid dienone is 3. The monoisotopic (exact) mass is 804 g/mol. The molecule has 0 aliphatic heterocycles. The highest BCUT2D eigenvalue weighted by molar-refractivity contribution is 6.99. The third kappa shape index (κ3) is 19.9. The van der Waals surface area contributed by atoms with Crippen molar-refractivity contribution in [1.29, 1.82) is 0 Å². The van der Waals surface area contributed by atoms with Crippen LogP contribution in [0, 0.1) is 0 Å². The van der Waals surface area contributed by atoms with Crippen molar-refractivity contribution in [1.82, 2.24) is 5.32 Å². The molecule has 2 aromatic carbocycles.